The van der Waals surface area contributed by atoms with Crippen molar-refractivity contribution in [2.24, 2.45) is 0 Å². The topological polar surface area (TPSA) is 8.17 Å². The highest BCUT2D eigenvalue weighted by molar-refractivity contribution is 6.12. The molecule has 1 aliphatic carbocycles. The minimum atomic E-state index is -0.0575. The molecule has 0 radical (unpaired) electrons. The molecule has 9 rings (SSSR count). The smallest absolute Gasteiger partial charge is 0.0582 e. The average molecular weight is 579 g/mol. The van der Waals surface area contributed by atoms with Gasteiger partial charge in [0.05, 0.1) is 16.7 Å². The number of aromatic nitrogens is 1. The molecular formula is C43H34N2. The lowest BCUT2D eigenvalue weighted by atomic mass is 9.75. The standard InChI is InChI=1S/C43H34N2/c1-43(2)37-18-8-9-20-41(37)45-40-27-24-31(28-36(40)35-17-11-19-38(43)42(35)45)29-22-25-33(26-23-29)44(32-14-4-3-5-15-32)39-21-10-13-30-12-6-7-16-34(30)39/h3-6,8-15,17-28H,7,16H2,1-2H3. The van der Waals surface area contributed by atoms with E-state index in [0.717, 1.165) is 12.8 Å². The highest BCUT2D eigenvalue weighted by Gasteiger charge is 2.34. The highest BCUT2D eigenvalue weighted by Crippen LogP contribution is 2.48. The average Bonchev–Trinajstić information content (AvgIpc) is 3.43. The Bertz CT molecular complexity index is 2280. The van der Waals surface area contributed by atoms with Crippen molar-refractivity contribution in [3.05, 3.63) is 162 Å². The zero-order chi connectivity index (χ0) is 30.1. The van der Waals surface area contributed by atoms with Gasteiger partial charge in [0.15, 0.2) is 0 Å². The van der Waals surface area contributed by atoms with Crippen LogP contribution in [-0.4, -0.2) is 4.57 Å². The number of allylic oxidation sites excluding steroid dienone is 1. The van der Waals surface area contributed by atoms with E-state index in [1.54, 1.807) is 0 Å². The van der Waals surface area contributed by atoms with E-state index in [0.29, 0.717) is 0 Å². The minimum Gasteiger partial charge on any atom is -0.310 e. The van der Waals surface area contributed by atoms with E-state index >= 15 is 0 Å². The Hall–Kier alpha value is -5.34. The van der Waals surface area contributed by atoms with E-state index in [4.69, 9.17) is 0 Å². The summed E-state index contributed by atoms with van der Waals surface area (Å²) in [5.74, 6) is 0. The first-order chi connectivity index (χ1) is 22.1. The molecule has 2 heteroatoms. The van der Waals surface area contributed by atoms with E-state index in [2.05, 4.69) is 169 Å². The van der Waals surface area contributed by atoms with E-state index < -0.39 is 0 Å². The van der Waals surface area contributed by atoms with Gasteiger partial charge >= 0.3 is 0 Å². The van der Waals surface area contributed by atoms with Crippen molar-refractivity contribution in [3.63, 3.8) is 0 Å². The number of fused-ring (bicyclic) bond motifs is 6. The second kappa shape index (κ2) is 9.84. The quantitative estimate of drug-likeness (QED) is 0.202. The Morgan fingerprint density at radius 2 is 1.36 bits per heavy atom. The predicted octanol–water partition coefficient (Wildman–Crippen LogP) is 11.5. The molecule has 0 amide bonds. The van der Waals surface area contributed by atoms with Crippen LogP contribution in [0.3, 0.4) is 0 Å². The first-order valence-corrected chi connectivity index (χ1v) is 16.0. The summed E-state index contributed by atoms with van der Waals surface area (Å²) >= 11 is 0. The molecule has 0 unspecified atom stereocenters. The monoisotopic (exact) mass is 578 g/mol. The molecule has 0 N–H and O–H groups in total. The molecule has 45 heavy (non-hydrogen) atoms. The Labute approximate surface area is 264 Å². The number of nitrogens with zero attached hydrogens (tertiary/aromatic N) is 2. The molecule has 0 saturated carbocycles. The zero-order valence-electron chi connectivity index (χ0n) is 25.7. The van der Waals surface area contributed by atoms with E-state index in [9.17, 15) is 0 Å². The van der Waals surface area contributed by atoms with Crippen LogP contribution in [0, 0.1) is 0 Å². The van der Waals surface area contributed by atoms with Crippen molar-refractivity contribution in [3.8, 4) is 16.8 Å². The summed E-state index contributed by atoms with van der Waals surface area (Å²) in [5.41, 5.74) is 15.4. The second-order valence-electron chi connectivity index (χ2n) is 12.9. The van der Waals surface area contributed by atoms with Crippen molar-refractivity contribution >= 4 is 44.9 Å². The molecule has 0 saturated heterocycles. The van der Waals surface area contributed by atoms with Crippen LogP contribution in [0.15, 0.2) is 140 Å². The fourth-order valence-corrected chi connectivity index (χ4v) is 7.82. The maximum absolute atomic E-state index is 2.49. The summed E-state index contributed by atoms with van der Waals surface area (Å²) in [6, 6.07) is 49.3. The summed E-state index contributed by atoms with van der Waals surface area (Å²) in [4.78, 5) is 2.41. The number of benzene rings is 6. The first-order valence-electron chi connectivity index (χ1n) is 16.0. The molecular weight excluding hydrogens is 544 g/mol. The van der Waals surface area contributed by atoms with Gasteiger partial charge < -0.3 is 9.47 Å². The van der Waals surface area contributed by atoms with Crippen LogP contribution in [0.4, 0.5) is 17.1 Å². The molecule has 7 aromatic rings. The fourth-order valence-electron chi connectivity index (χ4n) is 7.82. The molecule has 0 bridgehead atoms. The molecule has 1 aromatic heterocycles. The maximum Gasteiger partial charge on any atom is 0.0582 e. The predicted molar refractivity (Wildman–Crippen MR) is 190 cm³/mol. The number of hydrogen-bond acceptors (Lipinski definition) is 1. The largest absolute Gasteiger partial charge is 0.310 e. The van der Waals surface area contributed by atoms with Crippen LogP contribution >= 0.6 is 0 Å². The second-order valence-corrected chi connectivity index (χ2v) is 12.9. The Morgan fingerprint density at radius 3 is 2.22 bits per heavy atom. The van der Waals surface area contributed by atoms with Gasteiger partial charge in [0.2, 0.25) is 0 Å². The van der Waals surface area contributed by atoms with Gasteiger partial charge in [-0.3, -0.25) is 0 Å². The number of hydrogen-bond donors (Lipinski definition) is 0. The summed E-state index contributed by atoms with van der Waals surface area (Å²) in [5, 5.41) is 2.62. The zero-order valence-corrected chi connectivity index (χ0v) is 25.7. The lowest BCUT2D eigenvalue weighted by molar-refractivity contribution is 0.630. The van der Waals surface area contributed by atoms with Crippen molar-refractivity contribution < 1.29 is 0 Å². The van der Waals surface area contributed by atoms with Crippen LogP contribution in [0.2, 0.25) is 0 Å². The van der Waals surface area contributed by atoms with Crippen LogP contribution in [0.1, 0.15) is 42.5 Å². The normalized spacial score (nSPS) is 14.4. The number of rotatable bonds is 4. The van der Waals surface area contributed by atoms with Crippen molar-refractivity contribution in [2.45, 2.75) is 32.1 Å². The number of para-hydroxylation sites is 3. The minimum absolute atomic E-state index is 0.0575. The molecule has 2 heterocycles. The van der Waals surface area contributed by atoms with Crippen molar-refractivity contribution in [2.75, 3.05) is 4.90 Å². The lowest BCUT2D eigenvalue weighted by Gasteiger charge is -2.34. The van der Waals surface area contributed by atoms with Crippen LogP contribution in [0.5, 0.6) is 0 Å². The molecule has 0 spiro atoms. The van der Waals surface area contributed by atoms with Crippen LogP contribution in [0.25, 0.3) is 44.7 Å². The van der Waals surface area contributed by atoms with E-state index in [-0.39, 0.29) is 5.41 Å². The first kappa shape index (κ1) is 26.1. The third kappa shape index (κ3) is 3.88. The summed E-state index contributed by atoms with van der Waals surface area (Å²) in [7, 11) is 0. The Kier molecular flexibility index (Phi) is 5.70. The van der Waals surface area contributed by atoms with Gasteiger partial charge in [0.1, 0.15) is 0 Å². The molecule has 216 valence electrons. The highest BCUT2D eigenvalue weighted by atomic mass is 15.1. The molecule has 0 fully saturated rings. The van der Waals surface area contributed by atoms with E-state index in [1.165, 1.54) is 77.9 Å². The van der Waals surface area contributed by atoms with Gasteiger partial charge in [-0.15, -0.1) is 0 Å². The summed E-state index contributed by atoms with van der Waals surface area (Å²) in [6.07, 6.45) is 6.69. The Balaban J connectivity index is 1.17. The molecule has 0 atom stereocenters. The van der Waals surface area contributed by atoms with E-state index in [1.807, 2.05) is 0 Å². The van der Waals surface area contributed by atoms with Crippen molar-refractivity contribution in [1.29, 1.82) is 0 Å². The fraction of sp³-hybridized carbons (Fsp3) is 0.116. The SMILES string of the molecule is CC1(C)c2ccccc2-n2c3ccc(-c4ccc(N(c5ccccc5)c5cccc6c5CCC=C6)cc4)cc3c3cccc1c32. The van der Waals surface area contributed by atoms with Crippen LogP contribution < -0.4 is 4.90 Å². The lowest BCUT2D eigenvalue weighted by Crippen LogP contribution is -2.26. The Morgan fingerprint density at radius 1 is 0.622 bits per heavy atom. The summed E-state index contributed by atoms with van der Waals surface area (Å²) in [6.45, 7) is 4.71. The van der Waals surface area contributed by atoms with Crippen molar-refractivity contribution in [1.82, 2.24) is 4.57 Å². The molecule has 6 aromatic carbocycles. The number of anilines is 3. The van der Waals surface area contributed by atoms with Gasteiger partial charge in [-0.05, 0) is 94.8 Å². The third-order valence-corrected chi connectivity index (χ3v) is 10.0. The molecule has 2 nitrogen and oxygen atoms in total. The van der Waals surface area contributed by atoms with Gasteiger partial charge in [-0.1, -0.05) is 111 Å². The molecule has 2 aliphatic rings. The van der Waals surface area contributed by atoms with Crippen LogP contribution in [-0.2, 0) is 11.8 Å². The van der Waals surface area contributed by atoms with Gasteiger partial charge in [0.25, 0.3) is 0 Å². The van der Waals surface area contributed by atoms with Gasteiger partial charge in [-0.25, -0.2) is 0 Å². The van der Waals surface area contributed by atoms with Gasteiger partial charge in [0, 0.05) is 33.2 Å². The van der Waals surface area contributed by atoms with Gasteiger partial charge in [-0.2, -0.15) is 0 Å². The molecule has 1 aliphatic heterocycles. The third-order valence-electron chi connectivity index (χ3n) is 10.0. The maximum atomic E-state index is 2.49. The summed E-state index contributed by atoms with van der Waals surface area (Å²) < 4.78 is 2.49.